The van der Waals surface area contributed by atoms with E-state index in [-0.39, 0.29) is 6.10 Å². The molecule has 0 aliphatic rings. The van der Waals surface area contributed by atoms with Crippen molar-refractivity contribution < 1.29 is 5.11 Å². The number of aliphatic hydroxyl groups excluding tert-OH is 1. The second kappa shape index (κ2) is 6.14. The highest BCUT2D eigenvalue weighted by atomic mass is 35.5. The van der Waals surface area contributed by atoms with Crippen molar-refractivity contribution in [3.05, 3.63) is 34.9 Å². The van der Waals surface area contributed by atoms with Gasteiger partial charge in [-0.3, -0.25) is 0 Å². The molecule has 1 rings (SSSR count). The molecule has 0 saturated carbocycles. The first-order chi connectivity index (χ1) is 7.09. The summed E-state index contributed by atoms with van der Waals surface area (Å²) in [5.41, 5.74) is 1.13. The Kier molecular flexibility index (Phi) is 5.13. The van der Waals surface area contributed by atoms with Crippen LogP contribution in [0.3, 0.4) is 0 Å². The van der Waals surface area contributed by atoms with Crippen LogP contribution in [0.25, 0.3) is 0 Å². The third-order valence-electron chi connectivity index (χ3n) is 2.45. The lowest BCUT2D eigenvalue weighted by Crippen LogP contribution is -2.11. The minimum atomic E-state index is -0.207. The summed E-state index contributed by atoms with van der Waals surface area (Å²) in [4.78, 5) is 0. The molecule has 0 spiro atoms. The average Bonchev–Trinajstić information content (AvgIpc) is 2.15. The van der Waals surface area contributed by atoms with Crippen LogP contribution in [-0.4, -0.2) is 11.2 Å². The van der Waals surface area contributed by atoms with Crippen molar-refractivity contribution in [2.45, 2.75) is 39.2 Å². The van der Waals surface area contributed by atoms with E-state index in [1.54, 1.807) is 0 Å². The van der Waals surface area contributed by atoms with E-state index in [1.165, 1.54) is 0 Å². The van der Waals surface area contributed by atoms with Gasteiger partial charge in [0.1, 0.15) is 0 Å². The first-order valence-electron chi connectivity index (χ1n) is 5.51. The third kappa shape index (κ3) is 4.67. The fourth-order valence-electron chi connectivity index (χ4n) is 1.69. The Hall–Kier alpha value is -0.530. The van der Waals surface area contributed by atoms with E-state index in [0.29, 0.717) is 5.92 Å². The maximum absolute atomic E-state index is 9.73. The van der Waals surface area contributed by atoms with Gasteiger partial charge in [-0.1, -0.05) is 43.6 Å². The monoisotopic (exact) mass is 226 g/mol. The first-order valence-corrected chi connectivity index (χ1v) is 5.89. The van der Waals surface area contributed by atoms with Crippen LogP contribution < -0.4 is 0 Å². The second-order valence-electron chi connectivity index (χ2n) is 4.41. The molecule has 2 heteroatoms. The molecular formula is C13H19ClO. The number of aliphatic hydroxyl groups is 1. The van der Waals surface area contributed by atoms with Crippen LogP contribution in [-0.2, 0) is 6.42 Å². The number of aryl methyl sites for hydroxylation is 1. The quantitative estimate of drug-likeness (QED) is 0.812. The van der Waals surface area contributed by atoms with Crippen LogP contribution in [0.15, 0.2) is 24.3 Å². The normalized spacial score (nSPS) is 13.1. The van der Waals surface area contributed by atoms with Gasteiger partial charge in [-0.15, -0.1) is 0 Å². The highest BCUT2D eigenvalue weighted by Crippen LogP contribution is 2.18. The van der Waals surface area contributed by atoms with E-state index in [4.69, 9.17) is 11.6 Å². The van der Waals surface area contributed by atoms with Crippen LogP contribution >= 0.6 is 11.6 Å². The summed E-state index contributed by atoms with van der Waals surface area (Å²) in [7, 11) is 0. The lowest BCUT2D eigenvalue weighted by atomic mass is 10.00. The Bertz CT molecular complexity index is 296. The molecule has 15 heavy (non-hydrogen) atoms. The topological polar surface area (TPSA) is 20.2 Å². The number of halogens is 1. The molecule has 0 radical (unpaired) electrons. The SMILES string of the molecule is CC(C)CC(O)CCc1ccccc1Cl. The van der Waals surface area contributed by atoms with E-state index < -0.39 is 0 Å². The number of hydrogen-bond acceptors (Lipinski definition) is 1. The van der Waals surface area contributed by atoms with Gasteiger partial charge in [0.25, 0.3) is 0 Å². The van der Waals surface area contributed by atoms with E-state index in [2.05, 4.69) is 13.8 Å². The van der Waals surface area contributed by atoms with Crippen molar-refractivity contribution in [3.8, 4) is 0 Å². The zero-order chi connectivity index (χ0) is 11.3. The molecule has 0 aliphatic carbocycles. The van der Waals surface area contributed by atoms with Gasteiger partial charge in [-0.25, -0.2) is 0 Å². The Morgan fingerprint density at radius 1 is 1.27 bits per heavy atom. The summed E-state index contributed by atoms with van der Waals surface area (Å²) < 4.78 is 0. The van der Waals surface area contributed by atoms with Crippen molar-refractivity contribution in [1.82, 2.24) is 0 Å². The molecule has 1 unspecified atom stereocenters. The van der Waals surface area contributed by atoms with Crippen molar-refractivity contribution in [2.75, 3.05) is 0 Å². The van der Waals surface area contributed by atoms with Gasteiger partial charge >= 0.3 is 0 Å². The Labute approximate surface area is 97.1 Å². The summed E-state index contributed by atoms with van der Waals surface area (Å²) in [5.74, 6) is 0.547. The lowest BCUT2D eigenvalue weighted by Gasteiger charge is -2.13. The maximum atomic E-state index is 9.73. The average molecular weight is 227 g/mol. The largest absolute Gasteiger partial charge is 0.393 e. The zero-order valence-corrected chi connectivity index (χ0v) is 10.2. The van der Waals surface area contributed by atoms with E-state index in [1.807, 2.05) is 24.3 Å². The van der Waals surface area contributed by atoms with Crippen LogP contribution in [0, 0.1) is 5.92 Å². The molecule has 0 bridgehead atoms. The highest BCUT2D eigenvalue weighted by molar-refractivity contribution is 6.31. The van der Waals surface area contributed by atoms with Crippen LogP contribution in [0.4, 0.5) is 0 Å². The third-order valence-corrected chi connectivity index (χ3v) is 2.82. The van der Waals surface area contributed by atoms with Gasteiger partial charge in [0, 0.05) is 5.02 Å². The Morgan fingerprint density at radius 2 is 1.93 bits per heavy atom. The molecule has 0 aliphatic heterocycles. The first kappa shape index (κ1) is 12.5. The minimum Gasteiger partial charge on any atom is -0.393 e. The summed E-state index contributed by atoms with van der Waals surface area (Å²) in [6, 6.07) is 7.82. The van der Waals surface area contributed by atoms with Crippen molar-refractivity contribution in [3.63, 3.8) is 0 Å². The Balaban J connectivity index is 2.40. The van der Waals surface area contributed by atoms with Crippen LogP contribution in [0.2, 0.25) is 5.02 Å². The summed E-state index contributed by atoms with van der Waals surface area (Å²) >= 11 is 6.03. The van der Waals surface area contributed by atoms with Crippen LogP contribution in [0.1, 0.15) is 32.3 Å². The lowest BCUT2D eigenvalue weighted by molar-refractivity contribution is 0.140. The summed E-state index contributed by atoms with van der Waals surface area (Å²) in [6.45, 7) is 4.25. The van der Waals surface area contributed by atoms with E-state index in [9.17, 15) is 5.11 Å². The molecule has 1 aromatic rings. The molecule has 0 amide bonds. The van der Waals surface area contributed by atoms with Gasteiger partial charge < -0.3 is 5.11 Å². The fourth-order valence-corrected chi connectivity index (χ4v) is 1.92. The molecule has 0 fully saturated rings. The number of benzene rings is 1. The van der Waals surface area contributed by atoms with Crippen molar-refractivity contribution in [1.29, 1.82) is 0 Å². The molecule has 1 atom stereocenters. The predicted molar refractivity (Wildman–Crippen MR) is 65.2 cm³/mol. The second-order valence-corrected chi connectivity index (χ2v) is 4.82. The molecule has 0 saturated heterocycles. The van der Waals surface area contributed by atoms with Gasteiger partial charge in [0.15, 0.2) is 0 Å². The molecule has 0 heterocycles. The van der Waals surface area contributed by atoms with Gasteiger partial charge in [0.05, 0.1) is 6.10 Å². The zero-order valence-electron chi connectivity index (χ0n) is 9.41. The van der Waals surface area contributed by atoms with E-state index >= 15 is 0 Å². The fraction of sp³-hybridized carbons (Fsp3) is 0.538. The standard InChI is InChI=1S/C13H19ClO/c1-10(2)9-12(15)8-7-11-5-3-4-6-13(11)14/h3-6,10,12,15H,7-9H2,1-2H3. The van der Waals surface area contributed by atoms with Gasteiger partial charge in [-0.05, 0) is 36.8 Å². The minimum absolute atomic E-state index is 0.207. The Morgan fingerprint density at radius 3 is 2.53 bits per heavy atom. The summed E-state index contributed by atoms with van der Waals surface area (Å²) in [6.07, 6.45) is 2.31. The number of hydrogen-bond donors (Lipinski definition) is 1. The smallest absolute Gasteiger partial charge is 0.0545 e. The molecule has 0 aromatic heterocycles. The summed E-state index contributed by atoms with van der Waals surface area (Å²) in [5, 5.41) is 10.5. The van der Waals surface area contributed by atoms with Gasteiger partial charge in [-0.2, -0.15) is 0 Å². The molecule has 84 valence electrons. The maximum Gasteiger partial charge on any atom is 0.0545 e. The van der Waals surface area contributed by atoms with Crippen molar-refractivity contribution >= 4 is 11.6 Å². The molecule has 1 aromatic carbocycles. The molecule has 1 nitrogen and oxygen atoms in total. The van der Waals surface area contributed by atoms with Gasteiger partial charge in [0.2, 0.25) is 0 Å². The highest BCUT2D eigenvalue weighted by Gasteiger charge is 2.08. The van der Waals surface area contributed by atoms with E-state index in [0.717, 1.165) is 29.8 Å². The van der Waals surface area contributed by atoms with Crippen LogP contribution in [0.5, 0.6) is 0 Å². The predicted octanol–water partition coefficient (Wildman–Crippen LogP) is 3.68. The molecular weight excluding hydrogens is 208 g/mol. The molecule has 1 N–H and O–H groups in total. The van der Waals surface area contributed by atoms with Crippen molar-refractivity contribution in [2.24, 2.45) is 5.92 Å². The number of rotatable bonds is 5.